The number of allylic oxidation sites excluding steroid dienone is 2. The van der Waals surface area contributed by atoms with Crippen LogP contribution >= 0.6 is 0 Å². The third kappa shape index (κ3) is 2.39. The van der Waals surface area contributed by atoms with E-state index in [0.29, 0.717) is 5.69 Å². The van der Waals surface area contributed by atoms with Gasteiger partial charge in [0, 0.05) is 12.1 Å². The number of carbonyl (C=O) groups excluding carboxylic acids is 2. The van der Waals surface area contributed by atoms with Crippen molar-refractivity contribution in [3.8, 4) is 0 Å². The molecular formula is C14H11NO3. The second-order valence-corrected chi connectivity index (χ2v) is 3.77. The molecule has 4 heteroatoms. The van der Waals surface area contributed by atoms with Crippen LogP contribution in [0.15, 0.2) is 59.4 Å². The van der Waals surface area contributed by atoms with Gasteiger partial charge in [-0.3, -0.25) is 4.79 Å². The van der Waals surface area contributed by atoms with E-state index in [2.05, 4.69) is 5.32 Å². The first kappa shape index (κ1) is 11.9. The van der Waals surface area contributed by atoms with Crippen LogP contribution in [0.1, 0.15) is 6.42 Å². The van der Waals surface area contributed by atoms with E-state index >= 15 is 0 Å². The number of carbonyl (C=O) groups is 1. The second-order valence-electron chi connectivity index (χ2n) is 3.77. The molecule has 1 aliphatic rings. The number of aliphatic hydroxyl groups excluding tert-OH is 1. The van der Waals surface area contributed by atoms with Gasteiger partial charge in [-0.1, -0.05) is 24.3 Å². The number of aliphatic hydroxyl groups is 1. The van der Waals surface area contributed by atoms with Crippen LogP contribution in [0.3, 0.4) is 0 Å². The molecule has 18 heavy (non-hydrogen) atoms. The third-order valence-electron chi connectivity index (χ3n) is 2.55. The fourth-order valence-corrected chi connectivity index (χ4v) is 1.63. The van der Waals surface area contributed by atoms with Crippen molar-refractivity contribution in [2.24, 2.45) is 0 Å². The second kappa shape index (κ2) is 5.17. The molecule has 0 bridgehead atoms. The molecule has 2 N–H and O–H groups in total. The average molecular weight is 241 g/mol. The molecule has 0 unspecified atom stereocenters. The van der Waals surface area contributed by atoms with Gasteiger partial charge in [0.25, 0.3) is 5.91 Å². The number of benzene rings is 1. The Morgan fingerprint density at radius 2 is 2.00 bits per heavy atom. The fourth-order valence-electron chi connectivity index (χ4n) is 1.63. The highest BCUT2D eigenvalue weighted by Crippen LogP contribution is 2.21. The maximum atomic E-state index is 11.9. The number of amides is 1. The monoisotopic (exact) mass is 241 g/mol. The highest BCUT2D eigenvalue weighted by atomic mass is 16.3. The van der Waals surface area contributed by atoms with Crippen LogP contribution < -0.4 is 5.32 Å². The number of hydrogen-bond acceptors (Lipinski definition) is 3. The van der Waals surface area contributed by atoms with E-state index in [-0.39, 0.29) is 23.3 Å². The van der Waals surface area contributed by atoms with Crippen molar-refractivity contribution in [3.05, 3.63) is 59.4 Å². The summed E-state index contributed by atoms with van der Waals surface area (Å²) in [6.07, 6.45) is 3.42. The van der Waals surface area contributed by atoms with Gasteiger partial charge < -0.3 is 10.4 Å². The van der Waals surface area contributed by atoms with Crippen LogP contribution in [0.2, 0.25) is 0 Å². The zero-order valence-electron chi connectivity index (χ0n) is 9.51. The summed E-state index contributed by atoms with van der Waals surface area (Å²) in [4.78, 5) is 22.5. The molecule has 0 aromatic heterocycles. The summed E-state index contributed by atoms with van der Waals surface area (Å²) in [5.41, 5.74) is 0.789. The summed E-state index contributed by atoms with van der Waals surface area (Å²) in [5.74, 6) is 0.869. The lowest BCUT2D eigenvalue weighted by Crippen LogP contribution is -2.17. The van der Waals surface area contributed by atoms with E-state index in [1.165, 1.54) is 6.08 Å². The lowest BCUT2D eigenvalue weighted by molar-refractivity contribution is -0.112. The molecule has 0 aliphatic heterocycles. The number of hydrogen-bond donors (Lipinski definition) is 2. The Bertz CT molecular complexity index is 578. The average Bonchev–Trinajstić information content (AvgIpc) is 2.40. The summed E-state index contributed by atoms with van der Waals surface area (Å²) >= 11 is 0. The zero-order valence-corrected chi connectivity index (χ0v) is 9.51. The van der Waals surface area contributed by atoms with Crippen molar-refractivity contribution in [1.82, 2.24) is 0 Å². The van der Waals surface area contributed by atoms with Crippen LogP contribution in [-0.2, 0) is 9.59 Å². The smallest absolute Gasteiger partial charge is 0.259 e. The van der Waals surface area contributed by atoms with Crippen molar-refractivity contribution in [2.75, 3.05) is 5.32 Å². The molecular weight excluding hydrogens is 230 g/mol. The number of rotatable bonds is 2. The van der Waals surface area contributed by atoms with Gasteiger partial charge in [0.15, 0.2) is 0 Å². The van der Waals surface area contributed by atoms with Crippen LogP contribution in [0.5, 0.6) is 0 Å². The molecule has 2 rings (SSSR count). The predicted molar refractivity (Wildman–Crippen MR) is 67.7 cm³/mol. The van der Waals surface area contributed by atoms with Crippen molar-refractivity contribution in [2.45, 2.75) is 6.42 Å². The molecule has 1 amide bonds. The number of anilines is 1. The lowest BCUT2D eigenvalue weighted by atomic mass is 10.0. The molecule has 0 saturated carbocycles. The summed E-state index contributed by atoms with van der Waals surface area (Å²) in [6, 6.07) is 8.88. The first-order valence-corrected chi connectivity index (χ1v) is 5.43. The maximum Gasteiger partial charge on any atom is 0.259 e. The summed E-state index contributed by atoms with van der Waals surface area (Å²) in [5, 5.41) is 12.4. The quantitative estimate of drug-likeness (QED) is 0.780. The standard InChI is InChI=1S/C14H11NO3/c16-9-10-5-4-8-12(13(10)17)14(18)15-11-6-2-1-3-7-11/h1-4,6-8,17H,5H2,(H,15,18). The van der Waals surface area contributed by atoms with E-state index in [1.807, 2.05) is 6.07 Å². The van der Waals surface area contributed by atoms with Crippen molar-refractivity contribution in [3.63, 3.8) is 0 Å². The van der Waals surface area contributed by atoms with E-state index in [1.54, 1.807) is 36.3 Å². The van der Waals surface area contributed by atoms with Gasteiger partial charge in [-0.15, -0.1) is 0 Å². The Hall–Kier alpha value is -2.58. The molecule has 1 aromatic carbocycles. The Kier molecular flexibility index (Phi) is 3.41. The summed E-state index contributed by atoms with van der Waals surface area (Å²) in [7, 11) is 0. The zero-order chi connectivity index (χ0) is 13.0. The Labute approximate surface area is 104 Å². The molecule has 0 saturated heterocycles. The minimum Gasteiger partial charge on any atom is -0.506 e. The molecule has 0 heterocycles. The van der Waals surface area contributed by atoms with Crippen molar-refractivity contribution >= 4 is 17.5 Å². The number of nitrogens with one attached hydrogen (secondary N) is 1. The Morgan fingerprint density at radius 1 is 1.28 bits per heavy atom. The maximum absolute atomic E-state index is 11.9. The highest BCUT2D eigenvalue weighted by Gasteiger charge is 2.19. The van der Waals surface area contributed by atoms with Gasteiger partial charge in [0.05, 0.1) is 11.1 Å². The van der Waals surface area contributed by atoms with Gasteiger partial charge in [0.2, 0.25) is 0 Å². The Morgan fingerprint density at radius 3 is 2.67 bits per heavy atom. The van der Waals surface area contributed by atoms with Gasteiger partial charge in [-0.05, 0) is 18.2 Å². The van der Waals surface area contributed by atoms with Crippen LogP contribution in [0.4, 0.5) is 5.69 Å². The van der Waals surface area contributed by atoms with E-state index in [9.17, 15) is 14.7 Å². The normalized spacial score (nSPS) is 14.3. The van der Waals surface area contributed by atoms with Gasteiger partial charge >= 0.3 is 0 Å². The minimum atomic E-state index is -0.456. The van der Waals surface area contributed by atoms with E-state index in [4.69, 9.17) is 0 Å². The molecule has 4 nitrogen and oxygen atoms in total. The molecule has 1 aliphatic carbocycles. The van der Waals surface area contributed by atoms with E-state index < -0.39 is 5.91 Å². The fraction of sp³-hybridized carbons (Fsp3) is 0.0714. The van der Waals surface area contributed by atoms with Crippen LogP contribution in [0.25, 0.3) is 0 Å². The molecule has 90 valence electrons. The van der Waals surface area contributed by atoms with Crippen LogP contribution in [0, 0.1) is 0 Å². The molecule has 1 aromatic rings. The largest absolute Gasteiger partial charge is 0.506 e. The number of para-hydroxylation sites is 1. The molecule has 0 spiro atoms. The first-order valence-electron chi connectivity index (χ1n) is 5.43. The van der Waals surface area contributed by atoms with Crippen molar-refractivity contribution in [1.29, 1.82) is 0 Å². The molecule has 0 atom stereocenters. The lowest BCUT2D eigenvalue weighted by Gasteiger charge is -2.11. The van der Waals surface area contributed by atoms with Crippen molar-refractivity contribution < 1.29 is 14.7 Å². The van der Waals surface area contributed by atoms with Gasteiger partial charge in [-0.25, -0.2) is 4.79 Å². The predicted octanol–water partition coefficient (Wildman–Crippen LogP) is 2.16. The van der Waals surface area contributed by atoms with Gasteiger partial charge in [0.1, 0.15) is 11.7 Å². The SMILES string of the molecule is O=C=C1CC=CC(C(=O)Nc2ccccc2)=C1O. The topological polar surface area (TPSA) is 66.4 Å². The Balaban J connectivity index is 2.24. The van der Waals surface area contributed by atoms with E-state index in [0.717, 1.165) is 0 Å². The first-order chi connectivity index (χ1) is 8.72. The van der Waals surface area contributed by atoms with Crippen LogP contribution in [-0.4, -0.2) is 17.0 Å². The minimum absolute atomic E-state index is 0.0726. The summed E-state index contributed by atoms with van der Waals surface area (Å²) in [6.45, 7) is 0. The molecule has 0 fully saturated rings. The molecule has 0 radical (unpaired) electrons. The summed E-state index contributed by atoms with van der Waals surface area (Å²) < 4.78 is 0. The third-order valence-corrected chi connectivity index (χ3v) is 2.55. The highest BCUT2D eigenvalue weighted by molar-refractivity contribution is 6.07. The van der Waals surface area contributed by atoms with Gasteiger partial charge in [-0.2, -0.15) is 0 Å².